The highest BCUT2D eigenvalue weighted by Crippen LogP contribution is 2.33. The van der Waals surface area contributed by atoms with Gasteiger partial charge in [-0.1, -0.05) is 6.07 Å². The van der Waals surface area contributed by atoms with Gasteiger partial charge in [0.15, 0.2) is 0 Å². The summed E-state index contributed by atoms with van der Waals surface area (Å²) in [4.78, 5) is 1.45. The van der Waals surface area contributed by atoms with Crippen LogP contribution in [-0.2, 0) is 0 Å². The van der Waals surface area contributed by atoms with E-state index in [0.717, 1.165) is 5.92 Å². The Balaban J connectivity index is 1.87. The first-order chi connectivity index (χ1) is 6.27. The lowest BCUT2D eigenvalue weighted by atomic mass is 10.2. The van der Waals surface area contributed by atoms with Gasteiger partial charge in [-0.25, -0.2) is 0 Å². The van der Waals surface area contributed by atoms with Gasteiger partial charge in [-0.05, 0) is 44.1 Å². The average molecular weight is 195 g/mol. The molecule has 1 nitrogen and oxygen atoms in total. The lowest BCUT2D eigenvalue weighted by molar-refractivity contribution is 0.445. The summed E-state index contributed by atoms with van der Waals surface area (Å²) in [6, 6.07) is 5.55. The molecule has 1 aromatic rings. The Morgan fingerprint density at radius 1 is 1.46 bits per heavy atom. The summed E-state index contributed by atoms with van der Waals surface area (Å²) in [5.41, 5.74) is 0. The van der Waals surface area contributed by atoms with Crippen LogP contribution >= 0.6 is 11.3 Å². The topological polar surface area (TPSA) is 12.0 Å². The first-order valence-electron chi connectivity index (χ1n) is 5.07. The summed E-state index contributed by atoms with van der Waals surface area (Å²) in [5.74, 6) is 0.947. The van der Waals surface area contributed by atoms with Gasteiger partial charge in [0, 0.05) is 17.0 Å². The third-order valence-electron chi connectivity index (χ3n) is 2.81. The van der Waals surface area contributed by atoms with Crippen molar-refractivity contribution < 1.29 is 0 Å². The van der Waals surface area contributed by atoms with E-state index in [9.17, 15) is 0 Å². The van der Waals surface area contributed by atoms with Crippen LogP contribution in [0, 0.1) is 5.92 Å². The van der Waals surface area contributed by atoms with Crippen molar-refractivity contribution in [1.82, 2.24) is 5.32 Å². The molecular formula is C11H17NS. The third-order valence-corrected chi connectivity index (χ3v) is 3.87. The van der Waals surface area contributed by atoms with Crippen LogP contribution in [0.2, 0.25) is 0 Å². The van der Waals surface area contributed by atoms with Crippen LogP contribution in [0.3, 0.4) is 0 Å². The number of thiophene rings is 1. The summed E-state index contributed by atoms with van der Waals surface area (Å²) in [7, 11) is 0. The molecule has 0 radical (unpaired) electrons. The van der Waals surface area contributed by atoms with Crippen molar-refractivity contribution in [2.24, 2.45) is 5.92 Å². The molecule has 13 heavy (non-hydrogen) atoms. The normalized spacial score (nSPS) is 21.4. The van der Waals surface area contributed by atoms with E-state index in [0.29, 0.717) is 12.1 Å². The molecule has 0 amide bonds. The van der Waals surface area contributed by atoms with E-state index >= 15 is 0 Å². The summed E-state index contributed by atoms with van der Waals surface area (Å²) < 4.78 is 0. The Labute approximate surface area is 84.2 Å². The van der Waals surface area contributed by atoms with Gasteiger partial charge in [0.25, 0.3) is 0 Å². The van der Waals surface area contributed by atoms with Crippen LogP contribution < -0.4 is 5.32 Å². The molecule has 2 atom stereocenters. The fourth-order valence-corrected chi connectivity index (χ4v) is 2.49. The monoisotopic (exact) mass is 195 g/mol. The first kappa shape index (κ1) is 9.22. The van der Waals surface area contributed by atoms with Gasteiger partial charge in [-0.15, -0.1) is 11.3 Å². The molecule has 1 N–H and O–H groups in total. The fourth-order valence-electron chi connectivity index (χ4n) is 1.75. The molecule has 0 spiro atoms. The van der Waals surface area contributed by atoms with Crippen LogP contribution in [0.5, 0.6) is 0 Å². The van der Waals surface area contributed by atoms with E-state index in [1.54, 1.807) is 0 Å². The van der Waals surface area contributed by atoms with E-state index in [1.165, 1.54) is 17.7 Å². The second-order valence-electron chi connectivity index (χ2n) is 4.03. The van der Waals surface area contributed by atoms with E-state index in [4.69, 9.17) is 0 Å². The number of hydrogen-bond acceptors (Lipinski definition) is 2. The summed E-state index contributed by atoms with van der Waals surface area (Å²) in [5, 5.41) is 5.80. The van der Waals surface area contributed by atoms with Gasteiger partial charge in [0.1, 0.15) is 0 Å². The van der Waals surface area contributed by atoms with Gasteiger partial charge >= 0.3 is 0 Å². The minimum absolute atomic E-state index is 0.524. The SMILES string of the molecule is CC(N[C@H](C)c1cccs1)C1CC1. The maximum atomic E-state index is 3.65. The number of rotatable bonds is 4. The summed E-state index contributed by atoms with van der Waals surface area (Å²) in [6.07, 6.45) is 2.84. The molecule has 2 heteroatoms. The van der Waals surface area contributed by atoms with Crippen LogP contribution in [0.15, 0.2) is 17.5 Å². The van der Waals surface area contributed by atoms with Crippen molar-refractivity contribution >= 4 is 11.3 Å². The maximum absolute atomic E-state index is 3.65. The minimum Gasteiger partial charge on any atom is -0.307 e. The second kappa shape index (κ2) is 3.81. The van der Waals surface area contributed by atoms with Crippen LogP contribution in [0.25, 0.3) is 0 Å². The molecule has 72 valence electrons. The second-order valence-corrected chi connectivity index (χ2v) is 5.01. The van der Waals surface area contributed by atoms with Gasteiger partial charge in [-0.3, -0.25) is 0 Å². The molecule has 0 aromatic carbocycles. The van der Waals surface area contributed by atoms with Crippen LogP contribution in [-0.4, -0.2) is 6.04 Å². The van der Waals surface area contributed by atoms with Gasteiger partial charge < -0.3 is 5.32 Å². The van der Waals surface area contributed by atoms with Crippen molar-refractivity contribution in [2.75, 3.05) is 0 Å². The Hall–Kier alpha value is -0.340. The molecule has 1 unspecified atom stereocenters. The first-order valence-corrected chi connectivity index (χ1v) is 5.95. The standard InChI is InChI=1S/C11H17NS/c1-8(10-5-6-10)12-9(2)11-4-3-7-13-11/h3-4,7-10,12H,5-6H2,1-2H3/t8?,9-/m1/s1. The van der Waals surface area contributed by atoms with Crippen molar-refractivity contribution in [3.05, 3.63) is 22.4 Å². The van der Waals surface area contributed by atoms with Crippen molar-refractivity contribution in [1.29, 1.82) is 0 Å². The third kappa shape index (κ3) is 2.32. The largest absolute Gasteiger partial charge is 0.307 e. The lowest BCUT2D eigenvalue weighted by Gasteiger charge is -2.18. The Morgan fingerprint density at radius 2 is 2.23 bits per heavy atom. The molecule has 1 aliphatic carbocycles. The zero-order valence-corrected chi connectivity index (χ0v) is 9.10. The zero-order chi connectivity index (χ0) is 9.26. The van der Waals surface area contributed by atoms with Gasteiger partial charge in [-0.2, -0.15) is 0 Å². The Bertz CT molecular complexity index is 251. The van der Waals surface area contributed by atoms with E-state index < -0.39 is 0 Å². The Morgan fingerprint density at radius 3 is 2.77 bits per heavy atom. The molecule has 1 heterocycles. The van der Waals surface area contributed by atoms with E-state index in [2.05, 4.69) is 36.7 Å². The highest BCUT2D eigenvalue weighted by atomic mass is 32.1. The predicted octanol–water partition coefficient (Wildman–Crippen LogP) is 3.20. The molecule has 0 bridgehead atoms. The highest BCUT2D eigenvalue weighted by molar-refractivity contribution is 7.10. The molecule has 1 aliphatic rings. The fraction of sp³-hybridized carbons (Fsp3) is 0.636. The van der Waals surface area contributed by atoms with Crippen LogP contribution in [0.1, 0.15) is 37.6 Å². The van der Waals surface area contributed by atoms with Gasteiger partial charge in [0.2, 0.25) is 0 Å². The van der Waals surface area contributed by atoms with Gasteiger partial charge in [0.05, 0.1) is 0 Å². The van der Waals surface area contributed by atoms with E-state index in [1.807, 2.05) is 11.3 Å². The molecule has 1 saturated carbocycles. The van der Waals surface area contributed by atoms with E-state index in [-0.39, 0.29) is 0 Å². The number of nitrogens with one attached hydrogen (secondary N) is 1. The average Bonchev–Trinajstić information content (AvgIpc) is 2.81. The number of hydrogen-bond donors (Lipinski definition) is 1. The molecule has 0 saturated heterocycles. The zero-order valence-electron chi connectivity index (χ0n) is 8.29. The molecular weight excluding hydrogens is 178 g/mol. The maximum Gasteiger partial charge on any atom is 0.0388 e. The van der Waals surface area contributed by atoms with Crippen molar-refractivity contribution in [3.63, 3.8) is 0 Å². The summed E-state index contributed by atoms with van der Waals surface area (Å²) in [6.45, 7) is 4.56. The van der Waals surface area contributed by atoms with Crippen LogP contribution in [0.4, 0.5) is 0 Å². The Kier molecular flexibility index (Phi) is 2.70. The minimum atomic E-state index is 0.524. The highest BCUT2D eigenvalue weighted by Gasteiger charge is 2.28. The van der Waals surface area contributed by atoms with Crippen molar-refractivity contribution in [3.8, 4) is 0 Å². The molecule has 1 aromatic heterocycles. The molecule has 2 rings (SSSR count). The lowest BCUT2D eigenvalue weighted by Crippen LogP contribution is -2.30. The predicted molar refractivity (Wildman–Crippen MR) is 58.1 cm³/mol. The molecule has 1 fully saturated rings. The summed E-state index contributed by atoms with van der Waals surface area (Å²) >= 11 is 1.84. The molecule has 0 aliphatic heterocycles. The quantitative estimate of drug-likeness (QED) is 0.778. The van der Waals surface area contributed by atoms with Crippen molar-refractivity contribution in [2.45, 2.75) is 38.8 Å². The smallest absolute Gasteiger partial charge is 0.0388 e.